The molecule has 0 aromatic heterocycles. The first-order valence-corrected chi connectivity index (χ1v) is 6.51. The molecule has 0 radical (unpaired) electrons. The Bertz CT molecular complexity index is 413. The second-order valence-corrected chi connectivity index (χ2v) is 5.08. The molecule has 17 heavy (non-hydrogen) atoms. The lowest BCUT2D eigenvalue weighted by Gasteiger charge is -2.31. The summed E-state index contributed by atoms with van der Waals surface area (Å²) in [5.74, 6) is 0. The Hall–Kier alpha value is -1.31. The van der Waals surface area contributed by atoms with E-state index >= 15 is 0 Å². The molecule has 1 aromatic carbocycles. The standard InChI is InChI=1S/C15H21NO/c1-4-14-7-6-12(3)16(14)15-8-5-11(2)9-13(15)10-17/h5,8-10,12,14H,4,6-7H2,1-3H3. The zero-order valence-electron chi connectivity index (χ0n) is 10.9. The zero-order valence-corrected chi connectivity index (χ0v) is 10.9. The molecule has 2 rings (SSSR count). The Morgan fingerprint density at radius 3 is 2.82 bits per heavy atom. The van der Waals surface area contributed by atoms with E-state index in [2.05, 4.69) is 30.9 Å². The predicted octanol–water partition coefficient (Wildman–Crippen LogP) is 3.57. The Balaban J connectivity index is 2.41. The lowest BCUT2D eigenvalue weighted by atomic mass is 10.1. The van der Waals surface area contributed by atoms with Crippen molar-refractivity contribution in [2.24, 2.45) is 0 Å². The van der Waals surface area contributed by atoms with E-state index < -0.39 is 0 Å². The molecule has 1 aromatic rings. The summed E-state index contributed by atoms with van der Waals surface area (Å²) < 4.78 is 0. The maximum atomic E-state index is 11.2. The number of hydrogen-bond donors (Lipinski definition) is 0. The summed E-state index contributed by atoms with van der Waals surface area (Å²) in [4.78, 5) is 13.6. The maximum absolute atomic E-state index is 11.2. The van der Waals surface area contributed by atoms with Crippen LogP contribution in [0.2, 0.25) is 0 Å². The van der Waals surface area contributed by atoms with Crippen LogP contribution in [0.25, 0.3) is 0 Å². The van der Waals surface area contributed by atoms with Gasteiger partial charge in [0.25, 0.3) is 0 Å². The molecule has 1 saturated heterocycles. The Kier molecular flexibility index (Phi) is 3.51. The number of nitrogens with zero attached hydrogens (tertiary/aromatic N) is 1. The molecule has 0 saturated carbocycles. The average molecular weight is 231 g/mol. The van der Waals surface area contributed by atoms with Crippen LogP contribution in [0.4, 0.5) is 5.69 Å². The fraction of sp³-hybridized carbons (Fsp3) is 0.533. The molecule has 2 unspecified atom stereocenters. The fourth-order valence-electron chi connectivity index (χ4n) is 2.91. The van der Waals surface area contributed by atoms with Crippen LogP contribution in [0.3, 0.4) is 0 Å². The SMILES string of the molecule is CCC1CCC(C)N1c1ccc(C)cc1C=O. The van der Waals surface area contributed by atoms with E-state index in [0.29, 0.717) is 12.1 Å². The molecule has 0 amide bonds. The van der Waals surface area contributed by atoms with Gasteiger partial charge in [-0.2, -0.15) is 0 Å². The quantitative estimate of drug-likeness (QED) is 0.741. The second kappa shape index (κ2) is 4.91. The van der Waals surface area contributed by atoms with Gasteiger partial charge in [0.15, 0.2) is 6.29 Å². The number of aldehydes is 1. The summed E-state index contributed by atoms with van der Waals surface area (Å²) in [5.41, 5.74) is 3.09. The van der Waals surface area contributed by atoms with Gasteiger partial charge in [-0.25, -0.2) is 0 Å². The molecule has 2 nitrogen and oxygen atoms in total. The van der Waals surface area contributed by atoms with Crippen molar-refractivity contribution in [1.82, 2.24) is 0 Å². The summed E-state index contributed by atoms with van der Waals surface area (Å²) >= 11 is 0. The third-order valence-corrected chi connectivity index (χ3v) is 3.85. The van der Waals surface area contributed by atoms with Gasteiger partial charge in [-0.1, -0.05) is 18.6 Å². The molecule has 92 valence electrons. The molecule has 0 aliphatic carbocycles. The van der Waals surface area contributed by atoms with Crippen LogP contribution in [0.5, 0.6) is 0 Å². The van der Waals surface area contributed by atoms with Gasteiger partial charge in [-0.3, -0.25) is 4.79 Å². The number of aryl methyl sites for hydroxylation is 1. The number of rotatable bonds is 3. The highest BCUT2D eigenvalue weighted by molar-refractivity contribution is 5.85. The Labute approximate surface area is 104 Å². The van der Waals surface area contributed by atoms with Crippen molar-refractivity contribution in [1.29, 1.82) is 0 Å². The minimum absolute atomic E-state index is 0.543. The smallest absolute Gasteiger partial charge is 0.152 e. The molecule has 0 bridgehead atoms. The van der Waals surface area contributed by atoms with Crippen molar-refractivity contribution in [3.8, 4) is 0 Å². The third-order valence-electron chi connectivity index (χ3n) is 3.85. The first kappa shape index (κ1) is 12.2. The van der Waals surface area contributed by atoms with Gasteiger partial charge >= 0.3 is 0 Å². The number of carbonyl (C=O) groups excluding carboxylic acids is 1. The van der Waals surface area contributed by atoms with Crippen molar-refractivity contribution in [3.05, 3.63) is 29.3 Å². The fourth-order valence-corrected chi connectivity index (χ4v) is 2.91. The maximum Gasteiger partial charge on any atom is 0.152 e. The number of carbonyl (C=O) groups is 1. The van der Waals surface area contributed by atoms with E-state index in [1.165, 1.54) is 12.8 Å². The van der Waals surface area contributed by atoms with E-state index in [9.17, 15) is 4.79 Å². The van der Waals surface area contributed by atoms with Gasteiger partial charge in [0.05, 0.1) is 0 Å². The first-order valence-electron chi connectivity index (χ1n) is 6.51. The summed E-state index contributed by atoms with van der Waals surface area (Å²) in [7, 11) is 0. The Morgan fingerprint density at radius 1 is 1.41 bits per heavy atom. The molecule has 1 fully saturated rings. The molecular weight excluding hydrogens is 210 g/mol. The average Bonchev–Trinajstić information content (AvgIpc) is 2.70. The van der Waals surface area contributed by atoms with Gasteiger partial charge in [-0.15, -0.1) is 0 Å². The molecule has 2 heteroatoms. The number of anilines is 1. The van der Waals surface area contributed by atoms with Gasteiger partial charge < -0.3 is 4.90 Å². The summed E-state index contributed by atoms with van der Waals surface area (Å²) in [6.45, 7) is 6.51. The minimum atomic E-state index is 0.543. The van der Waals surface area contributed by atoms with Gasteiger partial charge in [0.2, 0.25) is 0 Å². The molecular formula is C15H21NO. The number of hydrogen-bond acceptors (Lipinski definition) is 2. The summed E-state index contributed by atoms with van der Waals surface area (Å²) in [6.07, 6.45) is 4.60. The monoisotopic (exact) mass is 231 g/mol. The highest BCUT2D eigenvalue weighted by atomic mass is 16.1. The molecule has 0 spiro atoms. The van der Waals surface area contributed by atoms with E-state index in [4.69, 9.17) is 0 Å². The zero-order chi connectivity index (χ0) is 12.4. The lowest BCUT2D eigenvalue weighted by Crippen LogP contribution is -2.34. The van der Waals surface area contributed by atoms with Crippen molar-refractivity contribution < 1.29 is 4.79 Å². The van der Waals surface area contributed by atoms with Crippen LogP contribution in [-0.2, 0) is 0 Å². The summed E-state index contributed by atoms with van der Waals surface area (Å²) in [6, 6.07) is 7.32. The van der Waals surface area contributed by atoms with Gasteiger partial charge in [-0.05, 0) is 45.2 Å². The minimum Gasteiger partial charge on any atom is -0.365 e. The van der Waals surface area contributed by atoms with E-state index in [-0.39, 0.29) is 0 Å². The topological polar surface area (TPSA) is 20.3 Å². The largest absolute Gasteiger partial charge is 0.365 e. The van der Waals surface area contributed by atoms with E-state index in [0.717, 1.165) is 29.5 Å². The lowest BCUT2D eigenvalue weighted by molar-refractivity contribution is 0.112. The van der Waals surface area contributed by atoms with Crippen LogP contribution in [-0.4, -0.2) is 18.4 Å². The molecule has 2 atom stereocenters. The van der Waals surface area contributed by atoms with Gasteiger partial charge in [0.1, 0.15) is 0 Å². The molecule has 1 aliphatic rings. The van der Waals surface area contributed by atoms with Gasteiger partial charge in [0, 0.05) is 23.3 Å². The highest BCUT2D eigenvalue weighted by Crippen LogP contribution is 2.33. The van der Waals surface area contributed by atoms with Crippen LogP contribution in [0.1, 0.15) is 49.0 Å². The molecule has 1 heterocycles. The molecule has 1 aliphatic heterocycles. The third kappa shape index (κ3) is 2.21. The molecule has 0 N–H and O–H groups in total. The number of benzene rings is 1. The van der Waals surface area contributed by atoms with Crippen LogP contribution >= 0.6 is 0 Å². The van der Waals surface area contributed by atoms with Crippen molar-refractivity contribution in [3.63, 3.8) is 0 Å². The van der Waals surface area contributed by atoms with Crippen LogP contribution in [0.15, 0.2) is 18.2 Å². The van der Waals surface area contributed by atoms with Crippen molar-refractivity contribution in [2.75, 3.05) is 4.90 Å². The van der Waals surface area contributed by atoms with E-state index in [1.807, 2.05) is 13.0 Å². The normalized spacial score (nSPS) is 24.1. The summed E-state index contributed by atoms with van der Waals surface area (Å²) in [5, 5.41) is 0. The van der Waals surface area contributed by atoms with E-state index in [1.54, 1.807) is 0 Å². The second-order valence-electron chi connectivity index (χ2n) is 5.08. The first-order chi connectivity index (χ1) is 8.17. The Morgan fingerprint density at radius 2 is 2.18 bits per heavy atom. The van der Waals surface area contributed by atoms with Crippen molar-refractivity contribution >= 4 is 12.0 Å². The van der Waals surface area contributed by atoms with Crippen molar-refractivity contribution in [2.45, 2.75) is 52.1 Å². The highest BCUT2D eigenvalue weighted by Gasteiger charge is 2.30. The predicted molar refractivity (Wildman–Crippen MR) is 71.8 cm³/mol. The van der Waals surface area contributed by atoms with Crippen LogP contribution in [0, 0.1) is 6.92 Å². The van der Waals surface area contributed by atoms with Crippen LogP contribution < -0.4 is 4.90 Å².